The van der Waals surface area contributed by atoms with Gasteiger partial charge in [0.2, 0.25) is 0 Å². The molecule has 0 radical (unpaired) electrons. The first-order chi connectivity index (χ1) is 8.56. The van der Waals surface area contributed by atoms with Crippen LogP contribution in [-0.4, -0.2) is 29.1 Å². The van der Waals surface area contributed by atoms with E-state index in [0.29, 0.717) is 12.5 Å². The van der Waals surface area contributed by atoms with Gasteiger partial charge in [0.1, 0.15) is 0 Å². The third-order valence-electron chi connectivity index (χ3n) is 3.74. The molecule has 1 aromatic carbocycles. The molecule has 3 heteroatoms. The van der Waals surface area contributed by atoms with Crippen LogP contribution in [0.2, 0.25) is 0 Å². The molecule has 1 aliphatic rings. The monoisotopic (exact) mass is 247 g/mol. The normalized spacial score (nSPS) is 25.0. The number of aliphatic carboxylic acids is 1. The molecule has 1 N–H and O–H groups in total. The second-order valence-corrected chi connectivity index (χ2v) is 5.50. The first kappa shape index (κ1) is 13.1. The number of nitrogens with zero attached hydrogens (tertiary/aromatic N) is 1. The van der Waals surface area contributed by atoms with E-state index in [2.05, 4.69) is 30.9 Å². The fraction of sp³-hybridized carbons (Fsp3) is 0.533. The molecule has 0 saturated carbocycles. The number of carboxylic acid groups (broad SMARTS) is 1. The molecule has 0 spiro atoms. The summed E-state index contributed by atoms with van der Waals surface area (Å²) < 4.78 is 0. The molecule has 1 fully saturated rings. The number of piperidine rings is 1. The summed E-state index contributed by atoms with van der Waals surface area (Å²) in [6.07, 6.45) is 0.805. The maximum atomic E-state index is 11.1. The Labute approximate surface area is 108 Å². The first-order valence-electron chi connectivity index (χ1n) is 6.56. The van der Waals surface area contributed by atoms with Crippen molar-refractivity contribution in [2.75, 3.05) is 13.1 Å². The number of carbonyl (C=O) groups is 1. The Morgan fingerprint density at radius 3 is 2.78 bits per heavy atom. The summed E-state index contributed by atoms with van der Waals surface area (Å²) in [5.74, 6) is -0.405. The number of rotatable bonds is 3. The van der Waals surface area contributed by atoms with Crippen LogP contribution in [0.3, 0.4) is 0 Å². The smallest absolute Gasteiger partial charge is 0.307 e. The minimum absolute atomic E-state index is 0.210. The van der Waals surface area contributed by atoms with Gasteiger partial charge in [0.25, 0.3) is 0 Å². The fourth-order valence-electron chi connectivity index (χ4n) is 2.80. The Hall–Kier alpha value is -1.35. The second-order valence-electron chi connectivity index (χ2n) is 5.50. The van der Waals surface area contributed by atoms with E-state index < -0.39 is 5.97 Å². The molecule has 0 aliphatic carbocycles. The molecule has 98 valence electrons. The summed E-state index contributed by atoms with van der Waals surface area (Å²) in [4.78, 5) is 13.4. The topological polar surface area (TPSA) is 40.5 Å². The van der Waals surface area contributed by atoms with Gasteiger partial charge in [0.15, 0.2) is 0 Å². The number of hydrogen-bond donors (Lipinski definition) is 1. The van der Waals surface area contributed by atoms with Crippen molar-refractivity contribution in [1.29, 1.82) is 0 Å². The van der Waals surface area contributed by atoms with Gasteiger partial charge in [0.05, 0.1) is 5.92 Å². The maximum Gasteiger partial charge on any atom is 0.307 e. The van der Waals surface area contributed by atoms with Gasteiger partial charge in [-0.1, -0.05) is 31.2 Å². The lowest BCUT2D eigenvalue weighted by Crippen LogP contribution is -2.42. The van der Waals surface area contributed by atoms with Crippen LogP contribution in [0.4, 0.5) is 0 Å². The van der Waals surface area contributed by atoms with Crippen molar-refractivity contribution in [2.24, 2.45) is 11.8 Å². The van der Waals surface area contributed by atoms with Crippen LogP contribution in [0, 0.1) is 18.8 Å². The quantitative estimate of drug-likeness (QED) is 0.892. The fourth-order valence-corrected chi connectivity index (χ4v) is 2.80. The van der Waals surface area contributed by atoms with Crippen molar-refractivity contribution < 1.29 is 9.90 Å². The minimum atomic E-state index is -0.656. The largest absolute Gasteiger partial charge is 0.481 e. The highest BCUT2D eigenvalue weighted by Gasteiger charge is 2.29. The SMILES string of the molecule is Cc1ccccc1CN1CC(C)CC(C(=O)O)C1. The van der Waals surface area contributed by atoms with E-state index in [1.807, 2.05) is 12.1 Å². The van der Waals surface area contributed by atoms with Gasteiger partial charge in [-0.3, -0.25) is 9.69 Å². The average Bonchev–Trinajstić information content (AvgIpc) is 2.31. The molecule has 1 aliphatic heterocycles. The van der Waals surface area contributed by atoms with Crippen molar-refractivity contribution in [1.82, 2.24) is 4.90 Å². The minimum Gasteiger partial charge on any atom is -0.481 e. The molecular weight excluding hydrogens is 226 g/mol. The Morgan fingerprint density at radius 2 is 2.11 bits per heavy atom. The highest BCUT2D eigenvalue weighted by molar-refractivity contribution is 5.70. The Morgan fingerprint density at radius 1 is 1.39 bits per heavy atom. The van der Waals surface area contributed by atoms with E-state index in [9.17, 15) is 4.79 Å². The maximum absolute atomic E-state index is 11.1. The van der Waals surface area contributed by atoms with Gasteiger partial charge in [0, 0.05) is 19.6 Å². The van der Waals surface area contributed by atoms with E-state index in [-0.39, 0.29) is 5.92 Å². The van der Waals surface area contributed by atoms with Crippen LogP contribution in [0.15, 0.2) is 24.3 Å². The van der Waals surface area contributed by atoms with Gasteiger partial charge >= 0.3 is 5.97 Å². The van der Waals surface area contributed by atoms with Gasteiger partial charge in [-0.15, -0.1) is 0 Å². The van der Waals surface area contributed by atoms with Crippen molar-refractivity contribution >= 4 is 5.97 Å². The Kier molecular flexibility index (Phi) is 4.02. The number of aryl methyl sites for hydroxylation is 1. The molecule has 2 rings (SSSR count). The summed E-state index contributed by atoms with van der Waals surface area (Å²) in [5.41, 5.74) is 2.58. The van der Waals surface area contributed by atoms with Gasteiger partial charge in [-0.05, 0) is 30.4 Å². The highest BCUT2D eigenvalue weighted by atomic mass is 16.4. The van der Waals surface area contributed by atoms with E-state index >= 15 is 0 Å². The highest BCUT2D eigenvalue weighted by Crippen LogP contribution is 2.23. The van der Waals surface area contributed by atoms with Crippen molar-refractivity contribution in [3.8, 4) is 0 Å². The lowest BCUT2D eigenvalue weighted by atomic mass is 9.90. The van der Waals surface area contributed by atoms with Crippen molar-refractivity contribution in [3.05, 3.63) is 35.4 Å². The Balaban J connectivity index is 2.05. The van der Waals surface area contributed by atoms with E-state index in [1.165, 1.54) is 11.1 Å². The summed E-state index contributed by atoms with van der Waals surface area (Å²) in [5, 5.41) is 9.17. The number of hydrogen-bond acceptors (Lipinski definition) is 2. The van der Waals surface area contributed by atoms with Gasteiger partial charge in [-0.2, -0.15) is 0 Å². The van der Waals surface area contributed by atoms with Crippen LogP contribution in [0.5, 0.6) is 0 Å². The molecule has 1 saturated heterocycles. The van der Waals surface area contributed by atoms with E-state index in [1.54, 1.807) is 0 Å². The van der Waals surface area contributed by atoms with E-state index in [0.717, 1.165) is 19.5 Å². The number of likely N-dealkylation sites (tertiary alicyclic amines) is 1. The van der Waals surface area contributed by atoms with Crippen LogP contribution < -0.4 is 0 Å². The summed E-state index contributed by atoms with van der Waals surface area (Å²) in [6.45, 7) is 6.78. The van der Waals surface area contributed by atoms with Crippen LogP contribution >= 0.6 is 0 Å². The van der Waals surface area contributed by atoms with E-state index in [4.69, 9.17) is 5.11 Å². The van der Waals surface area contributed by atoms with Crippen LogP contribution in [0.25, 0.3) is 0 Å². The lowest BCUT2D eigenvalue weighted by Gasteiger charge is -2.34. The molecule has 18 heavy (non-hydrogen) atoms. The number of carboxylic acids is 1. The van der Waals surface area contributed by atoms with Crippen molar-refractivity contribution in [2.45, 2.75) is 26.8 Å². The zero-order chi connectivity index (χ0) is 13.1. The predicted octanol–water partition coefficient (Wildman–Crippen LogP) is 2.54. The summed E-state index contributed by atoms with van der Waals surface area (Å²) >= 11 is 0. The molecule has 1 aromatic rings. The molecule has 0 aromatic heterocycles. The molecular formula is C15H21NO2. The van der Waals surface area contributed by atoms with Crippen molar-refractivity contribution in [3.63, 3.8) is 0 Å². The van der Waals surface area contributed by atoms with Gasteiger partial charge < -0.3 is 5.11 Å². The molecule has 2 unspecified atom stereocenters. The summed E-state index contributed by atoms with van der Waals surface area (Å²) in [7, 11) is 0. The van der Waals surface area contributed by atoms with Crippen LogP contribution in [0.1, 0.15) is 24.5 Å². The third-order valence-corrected chi connectivity index (χ3v) is 3.74. The third kappa shape index (κ3) is 3.10. The molecule has 0 amide bonds. The number of benzene rings is 1. The molecule has 0 bridgehead atoms. The van der Waals surface area contributed by atoms with Gasteiger partial charge in [-0.25, -0.2) is 0 Å². The Bertz CT molecular complexity index is 430. The summed E-state index contributed by atoms with van der Waals surface area (Å²) in [6, 6.07) is 8.32. The average molecular weight is 247 g/mol. The van der Waals surface area contributed by atoms with Crippen LogP contribution in [-0.2, 0) is 11.3 Å². The zero-order valence-corrected chi connectivity index (χ0v) is 11.1. The predicted molar refractivity (Wildman–Crippen MR) is 71.4 cm³/mol. The molecule has 3 nitrogen and oxygen atoms in total. The standard InChI is InChI=1S/C15H21NO2/c1-11-7-14(15(17)18)10-16(8-11)9-13-6-4-3-5-12(13)2/h3-6,11,14H,7-10H2,1-2H3,(H,17,18). The first-order valence-corrected chi connectivity index (χ1v) is 6.56. The zero-order valence-electron chi connectivity index (χ0n) is 11.1. The second kappa shape index (κ2) is 5.53. The molecule has 2 atom stereocenters. The molecule has 1 heterocycles. The lowest BCUT2D eigenvalue weighted by molar-refractivity contribution is -0.144.